The van der Waals surface area contributed by atoms with Crippen molar-refractivity contribution in [3.05, 3.63) is 60.2 Å². The van der Waals surface area contributed by atoms with Crippen molar-refractivity contribution in [1.82, 2.24) is 15.0 Å². The normalized spacial score (nSPS) is 17.6. The van der Waals surface area contributed by atoms with E-state index in [1.54, 1.807) is 18.6 Å². The molecule has 2 aliphatic heterocycles. The number of nitrogens with zero attached hydrogens (tertiary/aromatic N) is 5. The van der Waals surface area contributed by atoms with Crippen LogP contribution in [0.15, 0.2) is 48.9 Å². The molecule has 0 amide bonds. The molecule has 5 rings (SSSR count). The molecule has 1 aromatic carbocycles. The molecule has 2 fully saturated rings. The number of piperidine rings is 1. The number of pyridine rings is 1. The molecule has 0 unspecified atom stereocenters. The molecule has 10 nitrogen and oxygen atoms in total. The number of anilines is 3. The molecule has 222 valence electrons. The zero-order valence-corrected chi connectivity index (χ0v) is 24.7. The molecule has 2 aromatic heterocycles. The minimum atomic E-state index is -0.471. The van der Waals surface area contributed by atoms with Gasteiger partial charge in [-0.15, -0.1) is 0 Å². The van der Waals surface area contributed by atoms with Gasteiger partial charge in [0.1, 0.15) is 11.3 Å². The number of esters is 1. The average Bonchev–Trinajstić information content (AvgIpc) is 2.97. The van der Waals surface area contributed by atoms with Gasteiger partial charge in [-0.25, -0.2) is 9.97 Å². The van der Waals surface area contributed by atoms with Crippen molar-refractivity contribution >= 4 is 28.9 Å². The van der Waals surface area contributed by atoms with Crippen LogP contribution in [-0.4, -0.2) is 71.7 Å². The van der Waals surface area contributed by atoms with Gasteiger partial charge in [0.2, 0.25) is 0 Å². The summed E-state index contributed by atoms with van der Waals surface area (Å²) in [4.78, 5) is 43.5. The van der Waals surface area contributed by atoms with Gasteiger partial charge in [-0.05, 0) is 57.7 Å². The number of carbonyl (C=O) groups is 2. The number of morpholine rings is 1. The molecule has 0 radical (unpaired) electrons. The molecule has 0 aliphatic carbocycles. The number of rotatable bonds is 8. The van der Waals surface area contributed by atoms with Crippen molar-refractivity contribution in [2.24, 2.45) is 5.92 Å². The molecule has 0 spiro atoms. The monoisotopic (exact) mass is 572 g/mol. The fourth-order valence-electron chi connectivity index (χ4n) is 5.60. The number of hydrogen-bond donors (Lipinski definition) is 1. The van der Waals surface area contributed by atoms with Crippen LogP contribution in [0.1, 0.15) is 56.1 Å². The Labute approximate surface area is 247 Å². The van der Waals surface area contributed by atoms with Crippen LogP contribution in [0.3, 0.4) is 0 Å². The van der Waals surface area contributed by atoms with Crippen LogP contribution in [-0.2, 0) is 20.7 Å². The average molecular weight is 573 g/mol. The number of ketones is 1. The molecule has 3 aromatic rings. The van der Waals surface area contributed by atoms with Crippen molar-refractivity contribution < 1.29 is 19.1 Å². The second-order valence-corrected chi connectivity index (χ2v) is 12.0. The lowest BCUT2D eigenvalue weighted by atomic mass is 9.94. The van der Waals surface area contributed by atoms with Crippen molar-refractivity contribution in [3.63, 3.8) is 0 Å². The number of hydrogen-bond acceptors (Lipinski definition) is 10. The number of ether oxygens (including phenoxy) is 2. The van der Waals surface area contributed by atoms with Gasteiger partial charge in [0.15, 0.2) is 11.6 Å². The summed E-state index contributed by atoms with van der Waals surface area (Å²) in [5.74, 6) is 0.0260. The molecular weight excluding hydrogens is 532 g/mol. The van der Waals surface area contributed by atoms with E-state index in [1.165, 1.54) is 0 Å². The van der Waals surface area contributed by atoms with Crippen molar-refractivity contribution in [1.29, 1.82) is 0 Å². The SMILES string of the molecule is CC(C)(C)OC(=O)C[C@@H]1CCCN(c2ccc(-c3cnc(N)c(C(=O)Cc4cnccc4N4CCOCC4)n3)cc2)C1. The molecule has 10 heteroatoms. The van der Waals surface area contributed by atoms with Crippen LogP contribution < -0.4 is 15.5 Å². The zero-order chi connectivity index (χ0) is 29.7. The lowest BCUT2D eigenvalue weighted by Gasteiger charge is -2.34. The molecule has 2 saturated heterocycles. The number of benzene rings is 1. The highest BCUT2D eigenvalue weighted by molar-refractivity contribution is 6.00. The molecule has 4 heterocycles. The molecule has 0 bridgehead atoms. The van der Waals surface area contributed by atoms with Crippen LogP contribution in [0.2, 0.25) is 0 Å². The first-order valence-corrected chi connectivity index (χ1v) is 14.6. The fourth-order valence-corrected chi connectivity index (χ4v) is 5.60. The Morgan fingerprint density at radius 2 is 1.81 bits per heavy atom. The highest BCUT2D eigenvalue weighted by Gasteiger charge is 2.26. The summed E-state index contributed by atoms with van der Waals surface area (Å²) in [6.07, 6.45) is 7.66. The van der Waals surface area contributed by atoms with E-state index in [1.807, 2.05) is 39.0 Å². The molecule has 0 saturated carbocycles. The lowest BCUT2D eigenvalue weighted by molar-refractivity contribution is -0.156. The van der Waals surface area contributed by atoms with Gasteiger partial charge < -0.3 is 25.0 Å². The smallest absolute Gasteiger partial charge is 0.306 e. The predicted octanol–water partition coefficient (Wildman–Crippen LogP) is 4.33. The summed E-state index contributed by atoms with van der Waals surface area (Å²) in [6, 6.07) is 10.0. The summed E-state index contributed by atoms with van der Waals surface area (Å²) in [5.41, 5.74) is 10.1. The second-order valence-electron chi connectivity index (χ2n) is 12.0. The Hall–Kier alpha value is -4.05. The van der Waals surface area contributed by atoms with Crippen LogP contribution in [0.5, 0.6) is 0 Å². The number of aromatic nitrogens is 3. The topological polar surface area (TPSA) is 124 Å². The molecule has 2 aliphatic rings. The third-order valence-corrected chi connectivity index (χ3v) is 7.57. The summed E-state index contributed by atoms with van der Waals surface area (Å²) in [7, 11) is 0. The van der Waals surface area contributed by atoms with Crippen molar-refractivity contribution in [2.45, 2.75) is 52.1 Å². The Bertz CT molecular complexity index is 1400. The van der Waals surface area contributed by atoms with Gasteiger partial charge in [-0.2, -0.15) is 0 Å². The summed E-state index contributed by atoms with van der Waals surface area (Å²) in [5, 5.41) is 0. The second kappa shape index (κ2) is 12.9. The lowest BCUT2D eigenvalue weighted by Crippen LogP contribution is -2.37. The van der Waals surface area contributed by atoms with E-state index >= 15 is 0 Å². The Morgan fingerprint density at radius 1 is 1.05 bits per heavy atom. The van der Waals surface area contributed by atoms with Crippen LogP contribution in [0.4, 0.5) is 17.2 Å². The first kappa shape index (κ1) is 29.4. The van der Waals surface area contributed by atoms with Gasteiger partial charge in [0.25, 0.3) is 0 Å². The number of nitrogens with two attached hydrogens (primary N) is 1. The van der Waals surface area contributed by atoms with E-state index in [9.17, 15) is 9.59 Å². The van der Waals surface area contributed by atoms with Crippen molar-refractivity contribution in [3.8, 4) is 11.3 Å². The Balaban J connectivity index is 1.27. The summed E-state index contributed by atoms with van der Waals surface area (Å²) < 4.78 is 11.0. The predicted molar refractivity (Wildman–Crippen MR) is 163 cm³/mol. The van der Waals surface area contributed by atoms with E-state index in [0.717, 1.165) is 61.5 Å². The van der Waals surface area contributed by atoms with E-state index in [0.29, 0.717) is 25.3 Å². The minimum absolute atomic E-state index is 0.113. The number of nitrogen functional groups attached to an aromatic ring is 1. The highest BCUT2D eigenvalue weighted by atomic mass is 16.6. The fraction of sp³-hybridized carbons (Fsp3) is 0.469. The minimum Gasteiger partial charge on any atom is -0.460 e. The van der Waals surface area contributed by atoms with Crippen molar-refractivity contribution in [2.75, 3.05) is 54.9 Å². The maximum absolute atomic E-state index is 13.4. The number of Topliss-reactive ketones (excluding diaryl/α,β-unsaturated/α-hetero) is 1. The summed E-state index contributed by atoms with van der Waals surface area (Å²) in [6.45, 7) is 10.3. The van der Waals surface area contributed by atoms with Gasteiger partial charge in [0, 0.05) is 67.5 Å². The van der Waals surface area contributed by atoms with Crippen LogP contribution >= 0.6 is 0 Å². The van der Waals surface area contributed by atoms with E-state index in [4.69, 9.17) is 15.2 Å². The van der Waals surface area contributed by atoms with Gasteiger partial charge in [0.05, 0.1) is 31.5 Å². The quantitative estimate of drug-likeness (QED) is 0.308. The maximum Gasteiger partial charge on any atom is 0.306 e. The third kappa shape index (κ3) is 7.42. The van der Waals surface area contributed by atoms with E-state index in [2.05, 4.69) is 36.9 Å². The van der Waals surface area contributed by atoms with Gasteiger partial charge in [-0.3, -0.25) is 14.6 Å². The van der Waals surface area contributed by atoms with Gasteiger partial charge >= 0.3 is 5.97 Å². The maximum atomic E-state index is 13.4. The summed E-state index contributed by atoms with van der Waals surface area (Å²) >= 11 is 0. The molecule has 1 atom stereocenters. The first-order valence-electron chi connectivity index (χ1n) is 14.6. The number of carbonyl (C=O) groups excluding carboxylic acids is 2. The van der Waals surface area contributed by atoms with E-state index in [-0.39, 0.29) is 35.6 Å². The first-order chi connectivity index (χ1) is 20.2. The largest absolute Gasteiger partial charge is 0.460 e. The standard InChI is InChI=1S/C32H40N6O4/c1-32(2,3)42-29(40)17-22-5-4-12-38(21-22)25-8-6-23(7-9-25)26-20-35-31(33)30(36-26)28(39)18-24-19-34-11-10-27(24)37-13-15-41-16-14-37/h6-11,19-20,22H,4-5,12-18,21H2,1-3H3,(H2,33,35)/t22-/m0/s1. The van der Waals surface area contributed by atoms with Crippen LogP contribution in [0, 0.1) is 5.92 Å². The Morgan fingerprint density at radius 3 is 2.55 bits per heavy atom. The highest BCUT2D eigenvalue weighted by Crippen LogP contribution is 2.29. The van der Waals surface area contributed by atoms with E-state index < -0.39 is 5.60 Å². The molecule has 2 N–H and O–H groups in total. The van der Waals surface area contributed by atoms with Crippen LogP contribution in [0.25, 0.3) is 11.3 Å². The molecule has 42 heavy (non-hydrogen) atoms. The zero-order valence-electron chi connectivity index (χ0n) is 24.7. The Kier molecular flexibility index (Phi) is 9.01. The molecular formula is C32H40N6O4. The third-order valence-electron chi connectivity index (χ3n) is 7.57. The van der Waals surface area contributed by atoms with Gasteiger partial charge in [-0.1, -0.05) is 12.1 Å².